The van der Waals surface area contributed by atoms with E-state index in [2.05, 4.69) is 20.9 Å². The first-order valence-electron chi connectivity index (χ1n) is 6.65. The van der Waals surface area contributed by atoms with Gasteiger partial charge in [-0.3, -0.25) is 4.79 Å². The number of hydrogen-bond donors (Lipinski definition) is 1. The monoisotopic (exact) mass is 342 g/mol. The van der Waals surface area contributed by atoms with Crippen LogP contribution in [0, 0.1) is 0 Å². The van der Waals surface area contributed by atoms with Crippen LogP contribution in [0.25, 0.3) is 22.0 Å². The number of fused-ring (bicyclic) bond motifs is 1. The number of rotatable bonds is 2. The van der Waals surface area contributed by atoms with Gasteiger partial charge < -0.3 is 9.88 Å². The lowest BCUT2D eigenvalue weighted by molar-refractivity contribution is 1.13. The number of nitrogens with one attached hydrogen (secondary N) is 1. The lowest BCUT2D eigenvalue weighted by Crippen LogP contribution is -2.11. The number of H-pyrrole nitrogens is 1. The van der Waals surface area contributed by atoms with Crippen LogP contribution in [0.4, 0.5) is 5.69 Å². The highest BCUT2D eigenvalue weighted by Crippen LogP contribution is 2.24. The second-order valence-electron chi connectivity index (χ2n) is 5.19. The summed E-state index contributed by atoms with van der Waals surface area (Å²) in [4.78, 5) is 17.3. The average Bonchev–Trinajstić information content (AvgIpc) is 2.46. The normalized spacial score (nSPS) is 10.8. The lowest BCUT2D eigenvalue weighted by atomic mass is 10.1. The molecule has 0 aliphatic carbocycles. The fourth-order valence-electron chi connectivity index (χ4n) is 2.34. The summed E-state index contributed by atoms with van der Waals surface area (Å²) in [6.07, 6.45) is 0. The van der Waals surface area contributed by atoms with Crippen molar-refractivity contribution in [3.8, 4) is 11.3 Å². The van der Waals surface area contributed by atoms with E-state index in [0.717, 1.165) is 26.8 Å². The molecular weight excluding hydrogens is 328 g/mol. The van der Waals surface area contributed by atoms with Gasteiger partial charge in [0.2, 0.25) is 0 Å². The Kier molecular flexibility index (Phi) is 3.55. The zero-order valence-corrected chi connectivity index (χ0v) is 13.4. The number of halogens is 1. The largest absolute Gasteiger partial charge is 0.378 e. The van der Waals surface area contributed by atoms with Crippen LogP contribution in [0.5, 0.6) is 0 Å². The first-order chi connectivity index (χ1) is 10.0. The fourth-order valence-corrected chi connectivity index (χ4v) is 2.74. The first kappa shape index (κ1) is 13.9. The standard InChI is InChI=1S/C17H15BrN2O/c1-20(2)14-7-6-11-9-16(19-17(21)15(11)10-14)12-4-3-5-13(18)8-12/h3-10H,1-2H3,(H,19,21). The molecule has 0 aliphatic heterocycles. The Morgan fingerprint density at radius 3 is 2.57 bits per heavy atom. The Balaban J connectivity index is 2.20. The maximum Gasteiger partial charge on any atom is 0.256 e. The van der Waals surface area contributed by atoms with Crippen molar-refractivity contribution in [1.82, 2.24) is 4.98 Å². The molecule has 0 amide bonds. The molecule has 0 fully saturated rings. The molecule has 0 atom stereocenters. The fraction of sp³-hybridized carbons (Fsp3) is 0.118. The van der Waals surface area contributed by atoms with Crippen LogP contribution >= 0.6 is 15.9 Å². The number of aromatic amines is 1. The van der Waals surface area contributed by atoms with Crippen molar-refractivity contribution in [3.05, 3.63) is 63.4 Å². The molecule has 1 aromatic heterocycles. The van der Waals surface area contributed by atoms with Crippen molar-refractivity contribution in [2.75, 3.05) is 19.0 Å². The smallest absolute Gasteiger partial charge is 0.256 e. The number of anilines is 1. The van der Waals surface area contributed by atoms with E-state index in [1.165, 1.54) is 0 Å². The topological polar surface area (TPSA) is 36.1 Å². The zero-order valence-electron chi connectivity index (χ0n) is 11.9. The SMILES string of the molecule is CN(C)c1ccc2cc(-c3cccc(Br)c3)[nH]c(=O)c2c1. The third-order valence-corrected chi connectivity index (χ3v) is 3.97. The Labute approximate surface area is 131 Å². The molecule has 0 saturated carbocycles. The summed E-state index contributed by atoms with van der Waals surface area (Å²) >= 11 is 3.46. The first-order valence-corrected chi connectivity index (χ1v) is 7.44. The van der Waals surface area contributed by atoms with Crippen molar-refractivity contribution in [2.45, 2.75) is 0 Å². The van der Waals surface area contributed by atoms with E-state index in [1.807, 2.05) is 67.5 Å². The minimum absolute atomic E-state index is 0.0637. The number of pyridine rings is 1. The third kappa shape index (κ3) is 2.72. The van der Waals surface area contributed by atoms with Gasteiger partial charge in [-0.05, 0) is 41.3 Å². The molecule has 1 N–H and O–H groups in total. The number of nitrogens with zero attached hydrogens (tertiary/aromatic N) is 1. The van der Waals surface area contributed by atoms with Crippen LogP contribution < -0.4 is 10.5 Å². The molecule has 4 heteroatoms. The van der Waals surface area contributed by atoms with Gasteiger partial charge in [0.05, 0.1) is 0 Å². The van der Waals surface area contributed by atoms with Gasteiger partial charge in [0.25, 0.3) is 5.56 Å². The van der Waals surface area contributed by atoms with Gasteiger partial charge in [-0.25, -0.2) is 0 Å². The maximum atomic E-state index is 12.3. The van der Waals surface area contributed by atoms with Gasteiger partial charge in [-0.15, -0.1) is 0 Å². The van der Waals surface area contributed by atoms with Crippen LogP contribution in [0.15, 0.2) is 57.8 Å². The Morgan fingerprint density at radius 2 is 1.86 bits per heavy atom. The maximum absolute atomic E-state index is 12.3. The summed E-state index contributed by atoms with van der Waals surface area (Å²) < 4.78 is 0.990. The van der Waals surface area contributed by atoms with Crippen LogP contribution in [-0.2, 0) is 0 Å². The van der Waals surface area contributed by atoms with Crippen LogP contribution in [0.2, 0.25) is 0 Å². The predicted octanol–water partition coefficient (Wildman–Crippen LogP) is 4.02. The van der Waals surface area contributed by atoms with Gasteiger partial charge in [-0.2, -0.15) is 0 Å². The minimum atomic E-state index is -0.0637. The van der Waals surface area contributed by atoms with E-state index < -0.39 is 0 Å². The van der Waals surface area contributed by atoms with Gasteiger partial charge in [0.1, 0.15) is 0 Å². The minimum Gasteiger partial charge on any atom is -0.378 e. The Hall–Kier alpha value is -2.07. The summed E-state index contributed by atoms with van der Waals surface area (Å²) in [6.45, 7) is 0. The highest BCUT2D eigenvalue weighted by atomic mass is 79.9. The van der Waals surface area contributed by atoms with Crippen molar-refractivity contribution >= 4 is 32.4 Å². The van der Waals surface area contributed by atoms with Crippen LogP contribution in [-0.4, -0.2) is 19.1 Å². The number of hydrogen-bond acceptors (Lipinski definition) is 2. The molecule has 0 unspecified atom stereocenters. The molecule has 2 aromatic carbocycles. The van der Waals surface area contributed by atoms with E-state index in [0.29, 0.717) is 5.39 Å². The van der Waals surface area contributed by atoms with Crippen LogP contribution in [0.3, 0.4) is 0 Å². The van der Waals surface area contributed by atoms with Crippen molar-refractivity contribution < 1.29 is 0 Å². The lowest BCUT2D eigenvalue weighted by Gasteiger charge is -2.13. The van der Waals surface area contributed by atoms with Crippen molar-refractivity contribution in [1.29, 1.82) is 0 Å². The van der Waals surface area contributed by atoms with E-state index >= 15 is 0 Å². The summed E-state index contributed by atoms with van der Waals surface area (Å²) in [6, 6.07) is 15.8. The van der Waals surface area contributed by atoms with E-state index in [-0.39, 0.29) is 5.56 Å². The predicted molar refractivity (Wildman–Crippen MR) is 92.0 cm³/mol. The quantitative estimate of drug-likeness (QED) is 0.763. The molecule has 3 nitrogen and oxygen atoms in total. The van der Waals surface area contributed by atoms with Gasteiger partial charge in [-0.1, -0.05) is 34.1 Å². The van der Waals surface area contributed by atoms with Gasteiger partial charge in [0, 0.05) is 35.3 Å². The molecular formula is C17H15BrN2O. The molecule has 0 saturated heterocycles. The average molecular weight is 343 g/mol. The van der Waals surface area contributed by atoms with Crippen molar-refractivity contribution in [2.24, 2.45) is 0 Å². The van der Waals surface area contributed by atoms with Gasteiger partial charge >= 0.3 is 0 Å². The molecule has 3 aromatic rings. The third-order valence-electron chi connectivity index (χ3n) is 3.48. The van der Waals surface area contributed by atoms with Crippen molar-refractivity contribution in [3.63, 3.8) is 0 Å². The summed E-state index contributed by atoms with van der Waals surface area (Å²) in [5.41, 5.74) is 2.76. The van der Waals surface area contributed by atoms with E-state index in [4.69, 9.17) is 0 Å². The zero-order chi connectivity index (χ0) is 15.0. The second-order valence-corrected chi connectivity index (χ2v) is 6.10. The summed E-state index contributed by atoms with van der Waals surface area (Å²) in [7, 11) is 3.93. The molecule has 0 spiro atoms. The highest BCUT2D eigenvalue weighted by Gasteiger charge is 2.06. The molecule has 0 bridgehead atoms. The van der Waals surface area contributed by atoms with E-state index in [1.54, 1.807) is 0 Å². The molecule has 21 heavy (non-hydrogen) atoms. The summed E-state index contributed by atoms with van der Waals surface area (Å²) in [5.74, 6) is 0. The van der Waals surface area contributed by atoms with E-state index in [9.17, 15) is 4.79 Å². The molecule has 1 heterocycles. The molecule has 0 radical (unpaired) electrons. The second kappa shape index (κ2) is 5.37. The Bertz CT molecular complexity index is 868. The number of benzene rings is 2. The van der Waals surface area contributed by atoms with Crippen LogP contribution in [0.1, 0.15) is 0 Å². The molecule has 106 valence electrons. The molecule has 0 aliphatic rings. The Morgan fingerprint density at radius 1 is 1.05 bits per heavy atom. The molecule has 3 rings (SSSR count). The highest BCUT2D eigenvalue weighted by molar-refractivity contribution is 9.10. The summed E-state index contributed by atoms with van der Waals surface area (Å²) in [5, 5.41) is 1.65. The van der Waals surface area contributed by atoms with Gasteiger partial charge in [0.15, 0.2) is 0 Å². The number of aromatic nitrogens is 1.